The summed E-state index contributed by atoms with van der Waals surface area (Å²) in [6.45, 7) is 8.16. The maximum atomic E-state index is 9.68. The van der Waals surface area contributed by atoms with Crippen LogP contribution in [0.2, 0.25) is 0 Å². The molecule has 0 atom stereocenters. The predicted molar refractivity (Wildman–Crippen MR) is 128 cm³/mol. The number of aromatic nitrogens is 1. The van der Waals surface area contributed by atoms with Crippen molar-refractivity contribution < 1.29 is 14.6 Å². The minimum Gasteiger partial charge on any atom is -0.508 e. The molecule has 0 unspecified atom stereocenters. The van der Waals surface area contributed by atoms with E-state index in [1.165, 1.54) is 0 Å². The van der Waals surface area contributed by atoms with E-state index in [1.54, 1.807) is 12.1 Å². The molecule has 0 aliphatic carbocycles. The number of nitrogens with zero attached hydrogens (tertiary/aromatic N) is 2. The number of pyridine rings is 1. The molecule has 1 aliphatic heterocycles. The highest BCUT2D eigenvalue weighted by Crippen LogP contribution is 2.34. The molecule has 2 N–H and O–H groups in total. The Morgan fingerprint density at radius 3 is 2.59 bits per heavy atom. The fourth-order valence-electron chi connectivity index (χ4n) is 3.89. The standard InChI is InChI=1S/C26H31N3O3/c1-2-32-25-7-4-3-6-23(25)21-18-24(20-8-10-22(30)11-9-20)28-26(19-21)27-12-5-13-29-14-16-31-17-15-29/h3-4,6-11,18-19,30H,2,5,12-17H2,1H3,(H,27,28). The van der Waals surface area contributed by atoms with Gasteiger partial charge in [-0.25, -0.2) is 4.98 Å². The molecule has 6 heteroatoms. The van der Waals surface area contributed by atoms with Gasteiger partial charge in [0, 0.05) is 30.8 Å². The number of hydrogen-bond acceptors (Lipinski definition) is 6. The molecular weight excluding hydrogens is 402 g/mol. The van der Waals surface area contributed by atoms with E-state index >= 15 is 0 Å². The van der Waals surface area contributed by atoms with Crippen LogP contribution in [0.4, 0.5) is 5.82 Å². The van der Waals surface area contributed by atoms with Crippen LogP contribution in [-0.2, 0) is 4.74 Å². The van der Waals surface area contributed by atoms with Gasteiger partial charge in [0.05, 0.1) is 25.5 Å². The van der Waals surface area contributed by atoms with Gasteiger partial charge < -0.3 is 19.9 Å². The second-order valence-corrected chi connectivity index (χ2v) is 7.84. The van der Waals surface area contributed by atoms with E-state index in [2.05, 4.69) is 28.4 Å². The molecule has 3 aromatic rings. The van der Waals surface area contributed by atoms with Gasteiger partial charge in [0.25, 0.3) is 0 Å². The first-order valence-corrected chi connectivity index (χ1v) is 11.3. The molecule has 6 nitrogen and oxygen atoms in total. The average Bonchev–Trinajstić information content (AvgIpc) is 2.83. The first-order chi connectivity index (χ1) is 15.7. The molecular formula is C26H31N3O3. The number of phenolic OH excluding ortho intramolecular Hbond substituents is 1. The molecule has 32 heavy (non-hydrogen) atoms. The quantitative estimate of drug-likeness (QED) is 0.479. The molecule has 2 aromatic carbocycles. The molecule has 0 radical (unpaired) electrons. The van der Waals surface area contributed by atoms with Crippen molar-refractivity contribution in [2.45, 2.75) is 13.3 Å². The summed E-state index contributed by atoms with van der Waals surface area (Å²) in [6.07, 6.45) is 1.04. The van der Waals surface area contributed by atoms with Gasteiger partial charge in [-0.2, -0.15) is 0 Å². The Labute approximate surface area is 189 Å². The van der Waals surface area contributed by atoms with Gasteiger partial charge in [-0.3, -0.25) is 4.90 Å². The number of rotatable bonds is 9. The van der Waals surface area contributed by atoms with Crippen LogP contribution in [-0.4, -0.2) is 61.0 Å². The van der Waals surface area contributed by atoms with Gasteiger partial charge in [0.1, 0.15) is 17.3 Å². The van der Waals surface area contributed by atoms with Crippen LogP contribution in [0.3, 0.4) is 0 Å². The minimum absolute atomic E-state index is 0.244. The van der Waals surface area contributed by atoms with Crippen LogP contribution >= 0.6 is 0 Å². The van der Waals surface area contributed by atoms with Gasteiger partial charge in [0.15, 0.2) is 0 Å². The molecule has 0 saturated carbocycles. The Balaban J connectivity index is 1.57. The number of hydrogen-bond donors (Lipinski definition) is 2. The van der Waals surface area contributed by atoms with Crippen molar-refractivity contribution in [2.24, 2.45) is 0 Å². The van der Waals surface area contributed by atoms with Crippen molar-refractivity contribution in [3.63, 3.8) is 0 Å². The Morgan fingerprint density at radius 1 is 1.03 bits per heavy atom. The summed E-state index contributed by atoms with van der Waals surface area (Å²) in [5, 5.41) is 13.2. The van der Waals surface area contributed by atoms with Crippen LogP contribution in [0.15, 0.2) is 60.7 Å². The minimum atomic E-state index is 0.244. The Bertz CT molecular complexity index is 1000. The topological polar surface area (TPSA) is 66.9 Å². The zero-order valence-corrected chi connectivity index (χ0v) is 18.6. The highest BCUT2D eigenvalue weighted by molar-refractivity contribution is 5.77. The summed E-state index contributed by atoms with van der Waals surface area (Å²) >= 11 is 0. The third kappa shape index (κ3) is 5.78. The molecule has 2 heterocycles. The lowest BCUT2D eigenvalue weighted by Crippen LogP contribution is -2.37. The summed E-state index contributed by atoms with van der Waals surface area (Å²) in [5.41, 5.74) is 3.88. The van der Waals surface area contributed by atoms with Crippen LogP contribution < -0.4 is 10.1 Å². The molecule has 1 saturated heterocycles. The van der Waals surface area contributed by atoms with Crippen molar-refractivity contribution >= 4 is 5.82 Å². The lowest BCUT2D eigenvalue weighted by Gasteiger charge is -2.26. The monoisotopic (exact) mass is 433 g/mol. The number of phenols is 1. The zero-order chi connectivity index (χ0) is 22.2. The molecule has 0 spiro atoms. The zero-order valence-electron chi connectivity index (χ0n) is 18.6. The lowest BCUT2D eigenvalue weighted by atomic mass is 10.0. The predicted octanol–water partition coefficient (Wildman–Crippen LogP) is 4.65. The smallest absolute Gasteiger partial charge is 0.127 e. The third-order valence-electron chi connectivity index (χ3n) is 5.55. The van der Waals surface area contributed by atoms with Crippen molar-refractivity contribution in [1.82, 2.24) is 9.88 Å². The molecule has 0 bridgehead atoms. The van der Waals surface area contributed by atoms with Gasteiger partial charge >= 0.3 is 0 Å². The third-order valence-corrected chi connectivity index (χ3v) is 5.55. The summed E-state index contributed by atoms with van der Waals surface area (Å²) < 4.78 is 11.3. The van der Waals surface area contributed by atoms with Crippen LogP contribution in [0.1, 0.15) is 13.3 Å². The van der Waals surface area contributed by atoms with E-state index in [1.807, 2.05) is 37.3 Å². The van der Waals surface area contributed by atoms with E-state index in [4.69, 9.17) is 14.5 Å². The number of para-hydroxylation sites is 1. The van der Waals surface area contributed by atoms with Crippen LogP contribution in [0.5, 0.6) is 11.5 Å². The fraction of sp³-hybridized carbons (Fsp3) is 0.346. The molecule has 1 fully saturated rings. The number of aromatic hydroxyl groups is 1. The summed E-state index contributed by atoms with van der Waals surface area (Å²) in [6, 6.07) is 19.4. The molecule has 4 rings (SSSR count). The molecule has 168 valence electrons. The maximum absolute atomic E-state index is 9.68. The largest absolute Gasteiger partial charge is 0.508 e. The van der Waals surface area contributed by atoms with Crippen molar-refractivity contribution in [1.29, 1.82) is 0 Å². The van der Waals surface area contributed by atoms with Crippen molar-refractivity contribution in [3.05, 3.63) is 60.7 Å². The van der Waals surface area contributed by atoms with Gasteiger partial charge in [-0.15, -0.1) is 0 Å². The highest BCUT2D eigenvalue weighted by Gasteiger charge is 2.12. The van der Waals surface area contributed by atoms with E-state index in [9.17, 15) is 5.11 Å². The number of nitrogens with one attached hydrogen (secondary N) is 1. The van der Waals surface area contributed by atoms with Gasteiger partial charge in [-0.1, -0.05) is 18.2 Å². The normalized spacial score (nSPS) is 14.3. The first-order valence-electron chi connectivity index (χ1n) is 11.3. The number of ether oxygens (including phenoxy) is 2. The maximum Gasteiger partial charge on any atom is 0.127 e. The summed E-state index contributed by atoms with van der Waals surface area (Å²) in [4.78, 5) is 7.29. The van der Waals surface area contributed by atoms with E-state index < -0.39 is 0 Å². The Morgan fingerprint density at radius 2 is 1.81 bits per heavy atom. The number of benzene rings is 2. The van der Waals surface area contributed by atoms with Crippen molar-refractivity contribution in [3.8, 4) is 33.9 Å². The SMILES string of the molecule is CCOc1ccccc1-c1cc(NCCCN2CCOCC2)nc(-c2ccc(O)cc2)c1. The summed E-state index contributed by atoms with van der Waals surface area (Å²) in [7, 11) is 0. The fourth-order valence-corrected chi connectivity index (χ4v) is 3.89. The number of morpholine rings is 1. The molecule has 0 amide bonds. The molecule has 1 aromatic heterocycles. The Kier molecular flexibility index (Phi) is 7.59. The second-order valence-electron chi connectivity index (χ2n) is 7.84. The van der Waals surface area contributed by atoms with Gasteiger partial charge in [-0.05, 0) is 67.9 Å². The lowest BCUT2D eigenvalue weighted by molar-refractivity contribution is 0.0378. The van der Waals surface area contributed by atoms with E-state index in [0.717, 1.165) is 79.8 Å². The second kappa shape index (κ2) is 11.0. The van der Waals surface area contributed by atoms with E-state index in [-0.39, 0.29) is 5.75 Å². The van der Waals surface area contributed by atoms with E-state index in [0.29, 0.717) is 6.61 Å². The number of anilines is 1. The molecule has 1 aliphatic rings. The Hall–Kier alpha value is -3.09. The van der Waals surface area contributed by atoms with Gasteiger partial charge in [0.2, 0.25) is 0 Å². The first kappa shape index (κ1) is 22.1. The average molecular weight is 434 g/mol. The summed E-state index contributed by atoms with van der Waals surface area (Å²) in [5.74, 6) is 1.93. The highest BCUT2D eigenvalue weighted by atomic mass is 16.5. The van der Waals surface area contributed by atoms with Crippen LogP contribution in [0.25, 0.3) is 22.4 Å². The van der Waals surface area contributed by atoms with Crippen LogP contribution in [0, 0.1) is 0 Å². The van der Waals surface area contributed by atoms with Crippen molar-refractivity contribution in [2.75, 3.05) is 51.3 Å².